The van der Waals surface area contributed by atoms with Crippen LogP contribution in [0.4, 0.5) is 4.79 Å². The van der Waals surface area contributed by atoms with Crippen molar-refractivity contribution in [1.82, 2.24) is 5.32 Å². The highest BCUT2D eigenvalue weighted by Crippen LogP contribution is 2.53. The fourth-order valence-electron chi connectivity index (χ4n) is 2.71. The summed E-state index contributed by atoms with van der Waals surface area (Å²) in [6, 6.07) is 3.21. The second-order valence-electron chi connectivity index (χ2n) is 5.29. The van der Waals surface area contributed by atoms with Crippen LogP contribution in [0.2, 0.25) is 0 Å². The Balaban J connectivity index is 2.67. The van der Waals surface area contributed by atoms with Gasteiger partial charge in [-0.2, -0.15) is 0 Å². The average Bonchev–Trinajstić information content (AvgIpc) is 2.73. The predicted octanol–water partition coefficient (Wildman–Crippen LogP) is 1.40. The number of carbonyl (C=O) groups is 1. The minimum atomic E-state index is -1.22. The van der Waals surface area contributed by atoms with E-state index in [-0.39, 0.29) is 5.75 Å². The number of methoxy groups -OCH3 is 2. The zero-order valence-electron chi connectivity index (χ0n) is 13.2. The number of nitrogens with one attached hydrogen (secondary N) is 1. The molecule has 0 spiro atoms. The van der Waals surface area contributed by atoms with E-state index < -0.39 is 25.9 Å². The topological polar surface area (TPSA) is 83.1 Å². The van der Waals surface area contributed by atoms with Gasteiger partial charge in [0.05, 0.1) is 14.0 Å². The molecule has 1 aliphatic heterocycles. The molecular weight excluding hydrogens is 309 g/mol. The number of carbonyl (C=O) groups excluding carboxylic acids is 1. The SMILES string of the molecule is CNC(=O)Oc1cc([PH2]=O)cc2c1OC(C)(C)C2(OC)OC. The third kappa shape index (κ3) is 2.39. The second kappa shape index (κ2) is 5.91. The van der Waals surface area contributed by atoms with Crippen molar-refractivity contribution >= 4 is 19.9 Å². The lowest BCUT2D eigenvalue weighted by atomic mass is 9.92. The Labute approximate surface area is 130 Å². The quantitative estimate of drug-likeness (QED) is 0.664. The Kier molecular flexibility index (Phi) is 4.52. The van der Waals surface area contributed by atoms with Crippen molar-refractivity contribution in [2.24, 2.45) is 0 Å². The van der Waals surface area contributed by atoms with E-state index in [0.717, 1.165) is 0 Å². The molecule has 1 unspecified atom stereocenters. The fourth-order valence-corrected chi connectivity index (χ4v) is 3.16. The van der Waals surface area contributed by atoms with E-state index in [9.17, 15) is 9.36 Å². The Hall–Kier alpha value is -1.56. The van der Waals surface area contributed by atoms with Crippen LogP contribution in [0.1, 0.15) is 19.4 Å². The molecule has 22 heavy (non-hydrogen) atoms. The van der Waals surface area contributed by atoms with E-state index in [1.54, 1.807) is 19.9 Å². The summed E-state index contributed by atoms with van der Waals surface area (Å²) in [5.41, 5.74) is -0.321. The number of amides is 1. The number of hydrogen-bond acceptors (Lipinski definition) is 6. The summed E-state index contributed by atoms with van der Waals surface area (Å²) >= 11 is 0. The summed E-state index contributed by atoms with van der Waals surface area (Å²) in [6.07, 6.45) is -0.644. The van der Waals surface area contributed by atoms with Gasteiger partial charge in [0.25, 0.3) is 0 Å². The van der Waals surface area contributed by atoms with Crippen molar-refractivity contribution in [3.05, 3.63) is 17.7 Å². The summed E-state index contributed by atoms with van der Waals surface area (Å²) in [7, 11) is 3.23. The first kappa shape index (κ1) is 16.8. The fraction of sp³-hybridized carbons (Fsp3) is 0.500. The highest BCUT2D eigenvalue weighted by molar-refractivity contribution is 7.34. The third-order valence-corrected chi connectivity index (χ3v) is 4.30. The van der Waals surface area contributed by atoms with Crippen LogP contribution < -0.4 is 20.1 Å². The molecule has 0 saturated carbocycles. The van der Waals surface area contributed by atoms with Crippen molar-refractivity contribution in [2.45, 2.75) is 25.2 Å². The van der Waals surface area contributed by atoms with Gasteiger partial charge >= 0.3 is 6.09 Å². The molecule has 1 aromatic carbocycles. The van der Waals surface area contributed by atoms with Crippen LogP contribution >= 0.6 is 8.46 Å². The van der Waals surface area contributed by atoms with Crippen LogP contribution in [-0.2, 0) is 19.8 Å². The van der Waals surface area contributed by atoms with E-state index >= 15 is 0 Å². The number of benzene rings is 1. The second-order valence-corrected chi connectivity index (χ2v) is 6.19. The van der Waals surface area contributed by atoms with Crippen LogP contribution in [0.3, 0.4) is 0 Å². The monoisotopic (exact) mass is 329 g/mol. The number of hydrogen-bond donors (Lipinski definition) is 1. The predicted molar refractivity (Wildman–Crippen MR) is 82.0 cm³/mol. The summed E-state index contributed by atoms with van der Waals surface area (Å²) in [5.74, 6) is -0.665. The molecule has 1 aromatic rings. The van der Waals surface area contributed by atoms with Gasteiger partial charge in [0.2, 0.25) is 5.79 Å². The van der Waals surface area contributed by atoms with Gasteiger partial charge < -0.3 is 28.8 Å². The van der Waals surface area contributed by atoms with Crippen LogP contribution in [0, 0.1) is 0 Å². The zero-order valence-corrected chi connectivity index (χ0v) is 14.3. The van der Waals surface area contributed by atoms with E-state index in [4.69, 9.17) is 18.9 Å². The van der Waals surface area contributed by atoms with Crippen molar-refractivity contribution in [3.8, 4) is 11.5 Å². The minimum absolute atomic E-state index is 0.180. The average molecular weight is 329 g/mol. The Bertz CT molecular complexity index is 612. The maximum Gasteiger partial charge on any atom is 0.412 e. The van der Waals surface area contributed by atoms with Gasteiger partial charge in [0.15, 0.2) is 17.1 Å². The Morgan fingerprint density at radius 3 is 2.41 bits per heavy atom. The van der Waals surface area contributed by atoms with Crippen LogP contribution in [0.25, 0.3) is 0 Å². The number of ether oxygens (including phenoxy) is 4. The molecule has 0 aliphatic carbocycles. The lowest BCUT2D eigenvalue weighted by Crippen LogP contribution is -2.49. The summed E-state index contributed by atoms with van der Waals surface area (Å²) in [6.45, 7) is 3.60. The molecule has 1 atom stereocenters. The maximum atomic E-state index is 11.5. The molecule has 0 fully saturated rings. The summed E-state index contributed by atoms with van der Waals surface area (Å²) < 4.78 is 33.7. The lowest BCUT2D eigenvalue weighted by Gasteiger charge is -2.36. The lowest BCUT2D eigenvalue weighted by molar-refractivity contribution is -0.276. The molecule has 0 saturated heterocycles. The molecule has 7 nitrogen and oxygen atoms in total. The van der Waals surface area contributed by atoms with Gasteiger partial charge in [-0.3, -0.25) is 0 Å². The molecule has 1 aliphatic rings. The van der Waals surface area contributed by atoms with Crippen molar-refractivity contribution in [3.63, 3.8) is 0 Å². The van der Waals surface area contributed by atoms with Gasteiger partial charge in [0.1, 0.15) is 0 Å². The van der Waals surface area contributed by atoms with Crippen molar-refractivity contribution in [2.75, 3.05) is 21.3 Å². The van der Waals surface area contributed by atoms with Crippen LogP contribution in [-0.4, -0.2) is 33.0 Å². The molecular formula is C14H20NO6P. The minimum Gasteiger partial charge on any atom is -0.477 e. The molecule has 1 heterocycles. The molecule has 122 valence electrons. The van der Waals surface area contributed by atoms with Gasteiger partial charge in [-0.05, 0) is 26.0 Å². The summed E-state index contributed by atoms with van der Waals surface area (Å²) in [5, 5.41) is 2.89. The maximum absolute atomic E-state index is 11.5. The van der Waals surface area contributed by atoms with Gasteiger partial charge in [-0.1, -0.05) is 0 Å². The molecule has 2 rings (SSSR count). The standard InChI is InChI=1S/C14H20NO6P/c1-13(2)14(18-4,19-5)9-6-8(22-17)7-10(11(9)21-13)20-12(16)15-3/h6-7H,22H2,1-5H3,(H,15,16). The van der Waals surface area contributed by atoms with Crippen LogP contribution in [0.15, 0.2) is 12.1 Å². The molecule has 0 radical (unpaired) electrons. The largest absolute Gasteiger partial charge is 0.477 e. The van der Waals surface area contributed by atoms with E-state index in [2.05, 4.69) is 5.32 Å². The zero-order chi connectivity index (χ0) is 16.5. The number of fused-ring (bicyclic) bond motifs is 1. The van der Waals surface area contributed by atoms with E-state index in [1.165, 1.54) is 27.3 Å². The first-order valence-corrected chi connectivity index (χ1v) is 7.72. The normalized spacial score (nSPS) is 18.0. The summed E-state index contributed by atoms with van der Waals surface area (Å²) in [4.78, 5) is 11.5. The molecule has 1 amide bonds. The molecule has 0 aromatic heterocycles. The Morgan fingerprint density at radius 2 is 1.91 bits per heavy atom. The molecule has 8 heteroatoms. The third-order valence-electron chi connectivity index (χ3n) is 3.70. The highest BCUT2D eigenvalue weighted by Gasteiger charge is 2.58. The van der Waals surface area contributed by atoms with Gasteiger partial charge in [-0.15, -0.1) is 0 Å². The number of rotatable bonds is 4. The first-order valence-electron chi connectivity index (χ1n) is 6.67. The molecule has 1 N–H and O–H groups in total. The van der Waals surface area contributed by atoms with Crippen molar-refractivity contribution in [1.29, 1.82) is 0 Å². The smallest absolute Gasteiger partial charge is 0.412 e. The highest BCUT2D eigenvalue weighted by atomic mass is 31.1. The Morgan fingerprint density at radius 1 is 1.27 bits per heavy atom. The van der Waals surface area contributed by atoms with Gasteiger partial charge in [0, 0.05) is 26.6 Å². The van der Waals surface area contributed by atoms with E-state index in [0.29, 0.717) is 16.6 Å². The van der Waals surface area contributed by atoms with Gasteiger partial charge in [-0.25, -0.2) is 4.79 Å². The van der Waals surface area contributed by atoms with E-state index in [1.807, 2.05) is 0 Å². The van der Waals surface area contributed by atoms with Crippen LogP contribution in [0.5, 0.6) is 11.5 Å². The first-order chi connectivity index (χ1) is 10.3. The van der Waals surface area contributed by atoms with Crippen molar-refractivity contribution < 1.29 is 28.3 Å². The molecule has 0 bridgehead atoms.